The first-order valence-electron chi connectivity index (χ1n) is 13.8. The van der Waals surface area contributed by atoms with E-state index in [0.717, 1.165) is 23.3 Å². The van der Waals surface area contributed by atoms with Crippen molar-refractivity contribution in [1.82, 2.24) is 0 Å². The van der Waals surface area contributed by atoms with Gasteiger partial charge < -0.3 is 18.9 Å². The first-order valence-corrected chi connectivity index (χ1v) is 13.8. The lowest BCUT2D eigenvalue weighted by atomic mass is 10.0. The average Bonchev–Trinajstić information content (AvgIpc) is 3.07. The normalized spacial score (nSPS) is 9.70. The number of esters is 3. The summed E-state index contributed by atoms with van der Waals surface area (Å²) in [4.78, 5) is 35.3. The molecule has 7 nitrogen and oxygen atoms in total. The van der Waals surface area contributed by atoms with E-state index in [1.54, 1.807) is 55.5 Å². The molecule has 0 spiro atoms. The van der Waals surface area contributed by atoms with Crippen molar-refractivity contribution >= 4 is 17.9 Å². The van der Waals surface area contributed by atoms with Crippen LogP contribution in [-0.4, -0.2) is 25.0 Å². The first-order chi connectivity index (χ1) is 22.2. The number of carbonyl (C=O) groups excluding carboxylic acids is 3. The van der Waals surface area contributed by atoms with Crippen molar-refractivity contribution in [3.05, 3.63) is 145 Å². The minimum atomic E-state index is -0.616. The third-order valence-corrected chi connectivity index (χ3v) is 6.22. The van der Waals surface area contributed by atoms with Crippen molar-refractivity contribution < 1.29 is 33.3 Å². The molecular weight excluding hydrogens is 580 g/mol. The second kappa shape index (κ2) is 15.2. The molecule has 0 bridgehead atoms. The van der Waals surface area contributed by atoms with Gasteiger partial charge in [-0.1, -0.05) is 67.7 Å². The topological polar surface area (TPSA) is 88.1 Å². The monoisotopic (exact) mass is 608 g/mol. The number of carbonyl (C=O) groups is 3. The van der Waals surface area contributed by atoms with Gasteiger partial charge in [-0.3, -0.25) is 0 Å². The zero-order valence-corrected chi connectivity index (χ0v) is 25.2. The van der Waals surface area contributed by atoms with E-state index >= 15 is 0 Å². The summed E-state index contributed by atoms with van der Waals surface area (Å²) < 4.78 is 21.5. The summed E-state index contributed by atoms with van der Waals surface area (Å²) in [6.07, 6.45) is 2.19. The van der Waals surface area contributed by atoms with E-state index in [1.165, 1.54) is 7.11 Å². The average molecular weight is 609 g/mol. The molecule has 0 saturated carbocycles. The van der Waals surface area contributed by atoms with E-state index in [4.69, 9.17) is 18.9 Å². The molecule has 4 aromatic rings. The van der Waals surface area contributed by atoms with Crippen LogP contribution in [0, 0.1) is 23.7 Å². The minimum absolute atomic E-state index is 0.171. The van der Waals surface area contributed by atoms with Crippen LogP contribution in [0.2, 0.25) is 0 Å². The fourth-order valence-electron chi connectivity index (χ4n) is 3.88. The SMILES string of the molecule is C=CC(=O)Oc1ccc(C#Cc2cc(OC)c(C#Cc3ccc(-c4ccc(OC(=O)C=C)cc4)cc3)c(OC(=O)C(=C)C)c2)cc1. The van der Waals surface area contributed by atoms with Gasteiger partial charge in [-0.05, 0) is 78.7 Å². The molecule has 0 heterocycles. The van der Waals surface area contributed by atoms with Gasteiger partial charge in [0.1, 0.15) is 22.8 Å². The molecule has 0 aliphatic rings. The van der Waals surface area contributed by atoms with Crippen molar-refractivity contribution in [2.75, 3.05) is 7.11 Å². The zero-order chi connectivity index (χ0) is 33.1. The highest BCUT2D eigenvalue weighted by Gasteiger charge is 2.15. The molecule has 0 aliphatic carbocycles. The maximum atomic E-state index is 12.5. The van der Waals surface area contributed by atoms with Crippen LogP contribution in [0.4, 0.5) is 0 Å². The van der Waals surface area contributed by atoms with Gasteiger partial charge in [0.05, 0.1) is 7.11 Å². The van der Waals surface area contributed by atoms with Crippen LogP contribution in [0.1, 0.15) is 29.2 Å². The summed E-state index contributed by atoms with van der Waals surface area (Å²) in [7, 11) is 1.49. The molecule has 0 atom stereocenters. The van der Waals surface area contributed by atoms with Crippen LogP contribution < -0.4 is 18.9 Å². The van der Waals surface area contributed by atoms with Gasteiger partial charge in [0.15, 0.2) is 5.75 Å². The Kier molecular flexibility index (Phi) is 10.7. The molecule has 0 saturated heterocycles. The van der Waals surface area contributed by atoms with Crippen LogP contribution in [0.15, 0.2) is 122 Å². The van der Waals surface area contributed by atoms with Gasteiger partial charge in [-0.2, -0.15) is 0 Å². The smallest absolute Gasteiger partial charge is 0.338 e. The molecule has 4 aromatic carbocycles. The second-order valence-corrected chi connectivity index (χ2v) is 9.60. The summed E-state index contributed by atoms with van der Waals surface area (Å²) in [6, 6.07) is 24.6. The third kappa shape index (κ3) is 8.73. The lowest BCUT2D eigenvalue weighted by Crippen LogP contribution is -2.10. The summed E-state index contributed by atoms with van der Waals surface area (Å²) in [6.45, 7) is 12.0. The lowest BCUT2D eigenvalue weighted by molar-refractivity contribution is -0.130. The molecule has 0 N–H and O–H groups in total. The van der Waals surface area contributed by atoms with Crippen LogP contribution in [0.5, 0.6) is 23.0 Å². The molecule has 0 aromatic heterocycles. The van der Waals surface area contributed by atoms with E-state index in [-0.39, 0.29) is 11.3 Å². The van der Waals surface area contributed by atoms with Crippen molar-refractivity contribution in [3.8, 4) is 57.8 Å². The van der Waals surface area contributed by atoms with Gasteiger partial charge in [0.25, 0.3) is 0 Å². The zero-order valence-electron chi connectivity index (χ0n) is 25.2. The standard InChI is InChI=1S/C39H28O7/c1-6-37(40)44-32-19-12-27(13-20-32)8-9-29-24-35(43-5)34(36(25-29)46-39(42)26(3)4)23-14-28-10-15-30(16-11-28)31-17-21-33(22-18-31)45-38(41)7-2/h6-7,10-13,15-22,24-25H,1-3H2,4-5H3. The van der Waals surface area contributed by atoms with Crippen LogP contribution in [0.3, 0.4) is 0 Å². The van der Waals surface area contributed by atoms with E-state index in [0.29, 0.717) is 39.5 Å². The molecule has 226 valence electrons. The van der Waals surface area contributed by atoms with Crippen molar-refractivity contribution in [1.29, 1.82) is 0 Å². The summed E-state index contributed by atoms with van der Waals surface area (Å²) in [5.74, 6) is 11.9. The Bertz CT molecular complexity index is 1940. The number of ether oxygens (including phenoxy) is 4. The van der Waals surface area contributed by atoms with Crippen LogP contribution >= 0.6 is 0 Å². The van der Waals surface area contributed by atoms with Gasteiger partial charge in [0.2, 0.25) is 0 Å². The quantitative estimate of drug-likeness (QED) is 0.0938. The van der Waals surface area contributed by atoms with E-state index in [2.05, 4.69) is 43.4 Å². The van der Waals surface area contributed by atoms with Gasteiger partial charge >= 0.3 is 17.9 Å². The highest BCUT2D eigenvalue weighted by atomic mass is 16.5. The Labute approximate surface area is 267 Å². The molecule has 4 rings (SSSR count). The van der Waals surface area contributed by atoms with E-state index < -0.39 is 17.9 Å². The predicted octanol–water partition coefficient (Wildman–Crippen LogP) is 6.83. The summed E-state index contributed by atoms with van der Waals surface area (Å²) >= 11 is 0. The van der Waals surface area contributed by atoms with Crippen molar-refractivity contribution in [3.63, 3.8) is 0 Å². The number of hydrogen-bond acceptors (Lipinski definition) is 7. The summed E-state index contributed by atoms with van der Waals surface area (Å²) in [5.41, 5.74) is 4.35. The minimum Gasteiger partial charge on any atom is -0.495 e. The van der Waals surface area contributed by atoms with Gasteiger partial charge in [0, 0.05) is 34.4 Å². The fraction of sp³-hybridized carbons (Fsp3) is 0.0513. The Balaban J connectivity index is 1.61. The van der Waals surface area contributed by atoms with Crippen molar-refractivity contribution in [2.45, 2.75) is 6.92 Å². The summed E-state index contributed by atoms with van der Waals surface area (Å²) in [5, 5.41) is 0. The molecule has 0 amide bonds. The molecule has 7 heteroatoms. The van der Waals surface area contributed by atoms with E-state index in [1.807, 2.05) is 36.4 Å². The number of hydrogen-bond donors (Lipinski definition) is 0. The largest absolute Gasteiger partial charge is 0.495 e. The number of methoxy groups -OCH3 is 1. The molecule has 0 fully saturated rings. The Morgan fingerprint density at radius 3 is 1.54 bits per heavy atom. The Morgan fingerprint density at radius 1 is 0.609 bits per heavy atom. The second-order valence-electron chi connectivity index (χ2n) is 9.60. The molecule has 0 radical (unpaired) electrons. The highest BCUT2D eigenvalue weighted by molar-refractivity contribution is 5.89. The lowest BCUT2D eigenvalue weighted by Gasteiger charge is -2.11. The van der Waals surface area contributed by atoms with Crippen LogP contribution in [0.25, 0.3) is 11.1 Å². The molecule has 0 unspecified atom stereocenters. The number of rotatable bonds is 8. The molecule has 0 aliphatic heterocycles. The third-order valence-electron chi connectivity index (χ3n) is 6.22. The molecular formula is C39H28O7. The Morgan fingerprint density at radius 2 is 1.04 bits per heavy atom. The number of benzene rings is 4. The van der Waals surface area contributed by atoms with Gasteiger partial charge in [-0.25, -0.2) is 14.4 Å². The predicted molar refractivity (Wildman–Crippen MR) is 175 cm³/mol. The van der Waals surface area contributed by atoms with E-state index in [9.17, 15) is 14.4 Å². The fourth-order valence-corrected chi connectivity index (χ4v) is 3.88. The van der Waals surface area contributed by atoms with Crippen molar-refractivity contribution in [2.24, 2.45) is 0 Å². The first kappa shape index (κ1) is 32.3. The maximum absolute atomic E-state index is 12.5. The maximum Gasteiger partial charge on any atom is 0.338 e. The highest BCUT2D eigenvalue weighted by Crippen LogP contribution is 2.31. The van der Waals surface area contributed by atoms with Gasteiger partial charge in [-0.15, -0.1) is 0 Å². The van der Waals surface area contributed by atoms with Crippen LogP contribution in [-0.2, 0) is 14.4 Å². The molecule has 46 heavy (non-hydrogen) atoms. The Hall–Kier alpha value is -6.57.